The van der Waals surface area contributed by atoms with Gasteiger partial charge in [0.05, 0.1) is 0 Å². The van der Waals surface area contributed by atoms with Crippen LogP contribution in [0.5, 0.6) is 0 Å². The lowest BCUT2D eigenvalue weighted by Gasteiger charge is -2.31. The Labute approximate surface area is 145 Å². The van der Waals surface area contributed by atoms with E-state index in [0.29, 0.717) is 19.0 Å². The highest BCUT2D eigenvalue weighted by atomic mass is 35.5. The zero-order valence-electron chi connectivity index (χ0n) is 12.6. The van der Waals surface area contributed by atoms with Crippen molar-refractivity contribution in [1.82, 2.24) is 4.90 Å². The molecular formula is C18H18ClNO2S. The highest BCUT2D eigenvalue weighted by molar-refractivity contribution is 7.99. The minimum atomic E-state index is -0.813. The molecule has 5 heteroatoms. The Morgan fingerprint density at radius 1 is 1.09 bits per heavy atom. The predicted octanol–water partition coefficient (Wildman–Crippen LogP) is 5.35. The maximum atomic E-state index is 11.0. The summed E-state index contributed by atoms with van der Waals surface area (Å²) in [5, 5.41) is 9.82. The lowest BCUT2D eigenvalue weighted by Crippen LogP contribution is -2.36. The minimum Gasteiger partial charge on any atom is -0.465 e. The number of rotatable bonds is 3. The Balaban J connectivity index is 1.76. The van der Waals surface area contributed by atoms with Crippen molar-refractivity contribution >= 4 is 29.5 Å². The Hall–Kier alpha value is -1.65. The van der Waals surface area contributed by atoms with Crippen LogP contribution in [0.2, 0.25) is 5.02 Å². The van der Waals surface area contributed by atoms with E-state index in [1.807, 2.05) is 30.3 Å². The van der Waals surface area contributed by atoms with Crippen LogP contribution in [0.25, 0.3) is 0 Å². The van der Waals surface area contributed by atoms with Crippen molar-refractivity contribution in [2.75, 3.05) is 13.1 Å². The molecule has 0 atom stereocenters. The molecule has 1 aliphatic heterocycles. The average molecular weight is 348 g/mol. The summed E-state index contributed by atoms with van der Waals surface area (Å²) >= 11 is 7.68. The second-order valence-corrected chi connectivity index (χ2v) is 7.19. The first-order valence-electron chi connectivity index (χ1n) is 7.63. The standard InChI is InChI=1S/C18H18ClNO2S/c19-14-5-7-15(8-6-14)23-17-4-2-1-3-16(17)13-9-11-20(12-10-13)18(21)22/h1-8,13H,9-12H2,(H,21,22). The van der Waals surface area contributed by atoms with E-state index in [2.05, 4.69) is 18.2 Å². The van der Waals surface area contributed by atoms with E-state index < -0.39 is 6.09 Å². The average Bonchev–Trinajstić information content (AvgIpc) is 2.57. The van der Waals surface area contributed by atoms with Gasteiger partial charge in [0.2, 0.25) is 0 Å². The van der Waals surface area contributed by atoms with Gasteiger partial charge < -0.3 is 10.0 Å². The molecule has 120 valence electrons. The third-order valence-electron chi connectivity index (χ3n) is 4.17. The topological polar surface area (TPSA) is 40.5 Å². The Morgan fingerprint density at radius 3 is 2.39 bits per heavy atom. The SMILES string of the molecule is O=C(O)N1CCC(c2ccccc2Sc2ccc(Cl)cc2)CC1. The summed E-state index contributed by atoms with van der Waals surface area (Å²) in [5.41, 5.74) is 1.32. The van der Waals surface area contributed by atoms with E-state index in [4.69, 9.17) is 16.7 Å². The first kappa shape index (κ1) is 16.2. The maximum absolute atomic E-state index is 11.0. The van der Waals surface area contributed by atoms with E-state index >= 15 is 0 Å². The molecule has 3 rings (SSSR count). The van der Waals surface area contributed by atoms with Gasteiger partial charge in [0.25, 0.3) is 0 Å². The fourth-order valence-electron chi connectivity index (χ4n) is 2.92. The van der Waals surface area contributed by atoms with Gasteiger partial charge in [0.1, 0.15) is 0 Å². The molecule has 1 heterocycles. The van der Waals surface area contributed by atoms with Crippen LogP contribution in [0.3, 0.4) is 0 Å². The van der Waals surface area contributed by atoms with Crippen LogP contribution in [0.15, 0.2) is 58.3 Å². The molecule has 0 aromatic heterocycles. The number of halogens is 1. The monoisotopic (exact) mass is 347 g/mol. The second-order valence-electron chi connectivity index (χ2n) is 5.64. The fraction of sp³-hybridized carbons (Fsp3) is 0.278. The summed E-state index contributed by atoms with van der Waals surface area (Å²) in [6.45, 7) is 1.22. The molecular weight excluding hydrogens is 330 g/mol. The first-order valence-corrected chi connectivity index (χ1v) is 8.83. The summed E-state index contributed by atoms with van der Waals surface area (Å²) in [5.74, 6) is 0.418. The molecule has 1 aliphatic rings. The summed E-state index contributed by atoms with van der Waals surface area (Å²) in [7, 11) is 0. The normalized spacial score (nSPS) is 15.6. The molecule has 1 fully saturated rings. The number of hydrogen-bond acceptors (Lipinski definition) is 2. The fourth-order valence-corrected chi connectivity index (χ4v) is 4.07. The zero-order chi connectivity index (χ0) is 16.2. The van der Waals surface area contributed by atoms with E-state index in [0.717, 1.165) is 22.8 Å². The zero-order valence-corrected chi connectivity index (χ0v) is 14.2. The third kappa shape index (κ3) is 4.01. The van der Waals surface area contributed by atoms with Crippen molar-refractivity contribution in [1.29, 1.82) is 0 Å². The summed E-state index contributed by atoms with van der Waals surface area (Å²) in [4.78, 5) is 14.9. The lowest BCUT2D eigenvalue weighted by molar-refractivity contribution is 0.132. The molecule has 23 heavy (non-hydrogen) atoms. The van der Waals surface area contributed by atoms with Crippen LogP contribution >= 0.6 is 23.4 Å². The Bertz CT molecular complexity index is 682. The molecule has 0 saturated carbocycles. The van der Waals surface area contributed by atoms with Gasteiger partial charge in [0, 0.05) is 27.9 Å². The van der Waals surface area contributed by atoms with Gasteiger partial charge in [-0.1, -0.05) is 41.6 Å². The quantitative estimate of drug-likeness (QED) is 0.813. The van der Waals surface area contributed by atoms with Gasteiger partial charge >= 0.3 is 6.09 Å². The van der Waals surface area contributed by atoms with E-state index in [9.17, 15) is 4.79 Å². The Kier molecular flexibility index (Phi) is 5.13. The molecule has 1 N–H and O–H groups in total. The van der Waals surface area contributed by atoms with Crippen molar-refractivity contribution in [3.8, 4) is 0 Å². The molecule has 0 radical (unpaired) electrons. The van der Waals surface area contributed by atoms with Gasteiger partial charge in [-0.2, -0.15) is 0 Å². The molecule has 1 saturated heterocycles. The molecule has 0 bridgehead atoms. The first-order chi connectivity index (χ1) is 11.1. The molecule has 2 aromatic carbocycles. The van der Waals surface area contributed by atoms with Gasteiger partial charge in [0.15, 0.2) is 0 Å². The lowest BCUT2D eigenvalue weighted by atomic mass is 9.89. The molecule has 1 amide bonds. The number of hydrogen-bond donors (Lipinski definition) is 1. The number of piperidine rings is 1. The maximum Gasteiger partial charge on any atom is 0.407 e. The van der Waals surface area contributed by atoms with Gasteiger partial charge in [-0.3, -0.25) is 0 Å². The van der Waals surface area contributed by atoms with E-state index in [1.165, 1.54) is 15.4 Å². The summed E-state index contributed by atoms with van der Waals surface area (Å²) in [6.07, 6.45) is 0.946. The third-order valence-corrected chi connectivity index (χ3v) is 5.52. The number of carbonyl (C=O) groups is 1. The largest absolute Gasteiger partial charge is 0.465 e. The molecule has 0 aliphatic carbocycles. The predicted molar refractivity (Wildman–Crippen MR) is 93.6 cm³/mol. The smallest absolute Gasteiger partial charge is 0.407 e. The molecule has 0 unspecified atom stereocenters. The minimum absolute atomic E-state index is 0.418. The van der Waals surface area contributed by atoms with Gasteiger partial charge in [-0.25, -0.2) is 4.79 Å². The van der Waals surface area contributed by atoms with Crippen LogP contribution in [-0.4, -0.2) is 29.2 Å². The second kappa shape index (κ2) is 7.28. The van der Waals surface area contributed by atoms with E-state index in [1.54, 1.807) is 11.8 Å². The van der Waals surface area contributed by atoms with Crippen molar-refractivity contribution in [3.05, 3.63) is 59.1 Å². The Morgan fingerprint density at radius 2 is 1.74 bits per heavy atom. The molecule has 0 spiro atoms. The van der Waals surface area contributed by atoms with Crippen LogP contribution in [0.1, 0.15) is 24.3 Å². The highest BCUT2D eigenvalue weighted by Crippen LogP contribution is 2.38. The van der Waals surface area contributed by atoms with Crippen molar-refractivity contribution in [2.45, 2.75) is 28.6 Å². The van der Waals surface area contributed by atoms with Crippen LogP contribution in [0.4, 0.5) is 4.79 Å². The van der Waals surface area contributed by atoms with Gasteiger partial charge in [-0.05, 0) is 54.7 Å². The van der Waals surface area contributed by atoms with Crippen LogP contribution < -0.4 is 0 Å². The number of benzene rings is 2. The summed E-state index contributed by atoms with van der Waals surface area (Å²) in [6, 6.07) is 16.3. The van der Waals surface area contributed by atoms with E-state index in [-0.39, 0.29) is 0 Å². The number of amides is 1. The van der Waals surface area contributed by atoms with Crippen molar-refractivity contribution in [2.24, 2.45) is 0 Å². The number of carboxylic acid groups (broad SMARTS) is 1. The summed E-state index contributed by atoms with van der Waals surface area (Å²) < 4.78 is 0. The molecule has 3 nitrogen and oxygen atoms in total. The number of nitrogens with zero attached hydrogens (tertiary/aromatic N) is 1. The van der Waals surface area contributed by atoms with Crippen molar-refractivity contribution < 1.29 is 9.90 Å². The molecule has 2 aromatic rings. The van der Waals surface area contributed by atoms with Gasteiger partial charge in [-0.15, -0.1) is 0 Å². The van der Waals surface area contributed by atoms with Crippen LogP contribution in [0, 0.1) is 0 Å². The van der Waals surface area contributed by atoms with Crippen LogP contribution in [-0.2, 0) is 0 Å². The highest BCUT2D eigenvalue weighted by Gasteiger charge is 2.24. The van der Waals surface area contributed by atoms with Crippen molar-refractivity contribution in [3.63, 3.8) is 0 Å². The number of likely N-dealkylation sites (tertiary alicyclic amines) is 1.